The number of aliphatic hydroxyl groups is 1. The zero-order valence-electron chi connectivity index (χ0n) is 25.3. The number of hydrogen-bond donors (Lipinski definition) is 4. The first-order chi connectivity index (χ1) is 21.5. The van der Waals surface area contributed by atoms with Crippen LogP contribution in [0.5, 0.6) is 11.5 Å². The molecule has 1 amide bonds. The maximum atomic E-state index is 14.0. The first-order valence-corrected chi connectivity index (χ1v) is 14.7. The number of ketones is 4. The highest BCUT2D eigenvalue weighted by atomic mass is 19.4. The lowest BCUT2D eigenvalue weighted by molar-refractivity contribution is -0.181. The molecule has 2 aromatic rings. The molecule has 2 unspecified atom stereocenters. The Bertz CT molecular complexity index is 1640. The molecule has 6 atom stereocenters. The van der Waals surface area contributed by atoms with Crippen LogP contribution in [0.3, 0.4) is 0 Å². The summed E-state index contributed by atoms with van der Waals surface area (Å²) < 4.78 is 43.3. The Morgan fingerprint density at radius 3 is 2.43 bits per heavy atom. The van der Waals surface area contributed by atoms with E-state index in [2.05, 4.69) is 5.32 Å². The lowest BCUT2D eigenvalue weighted by atomic mass is 9.52. The number of fused-ring (bicyclic) bond motifs is 3. The number of primary amides is 1. The molecule has 0 spiro atoms. The van der Waals surface area contributed by atoms with E-state index in [4.69, 9.17) is 10.5 Å². The van der Waals surface area contributed by atoms with Crippen molar-refractivity contribution in [3.8, 4) is 22.6 Å². The fourth-order valence-corrected chi connectivity index (χ4v) is 7.41. The van der Waals surface area contributed by atoms with E-state index in [1.165, 1.54) is 32.2 Å². The summed E-state index contributed by atoms with van der Waals surface area (Å²) in [6.07, 6.45) is -5.38. The van der Waals surface area contributed by atoms with Crippen molar-refractivity contribution in [3.63, 3.8) is 0 Å². The van der Waals surface area contributed by atoms with E-state index in [0.717, 1.165) is 0 Å². The second-order valence-corrected chi connectivity index (χ2v) is 12.3. The van der Waals surface area contributed by atoms with Crippen LogP contribution in [-0.2, 0) is 32.1 Å². The number of hydrogen-bond acceptors (Lipinski definition) is 10. The molecule has 0 bridgehead atoms. The van der Waals surface area contributed by atoms with Crippen molar-refractivity contribution in [1.82, 2.24) is 10.2 Å². The SMILES string of the molecule is COc1ccc(-c2ccc(O)c3c2C[C@H]2C[C@H]4[C@H](N(C)C)C(=O)C(C(N)=O)C(=O)[C@@]4(O)C(=O)C2C3=O)cc1CNCCC(F)(F)F. The Morgan fingerprint density at radius 1 is 1.13 bits per heavy atom. The third kappa shape index (κ3) is 5.37. The summed E-state index contributed by atoms with van der Waals surface area (Å²) in [5.41, 5.74) is 4.38. The Kier molecular flexibility index (Phi) is 8.60. The minimum Gasteiger partial charge on any atom is -0.507 e. The van der Waals surface area contributed by atoms with Gasteiger partial charge in [0.1, 0.15) is 11.5 Å². The highest BCUT2D eigenvalue weighted by Gasteiger charge is 2.69. The van der Waals surface area contributed by atoms with E-state index in [0.29, 0.717) is 28.0 Å². The number of Topliss-reactive ketones (excluding diaryl/α,β-unsaturated/α-hetero) is 4. The molecule has 2 aromatic carbocycles. The zero-order valence-corrected chi connectivity index (χ0v) is 25.3. The van der Waals surface area contributed by atoms with Crippen molar-refractivity contribution in [2.24, 2.45) is 29.4 Å². The number of nitrogens with zero attached hydrogens (tertiary/aromatic N) is 1. The Balaban J connectivity index is 1.55. The number of aromatic hydroxyl groups is 1. The van der Waals surface area contributed by atoms with Gasteiger partial charge in [-0.25, -0.2) is 0 Å². The number of carbonyl (C=O) groups is 5. The van der Waals surface area contributed by atoms with Gasteiger partial charge in [0.05, 0.1) is 31.1 Å². The zero-order chi connectivity index (χ0) is 33.9. The van der Waals surface area contributed by atoms with Crippen molar-refractivity contribution in [2.75, 3.05) is 27.7 Å². The largest absolute Gasteiger partial charge is 0.507 e. The first-order valence-electron chi connectivity index (χ1n) is 14.7. The van der Waals surface area contributed by atoms with Gasteiger partial charge < -0.3 is 26.0 Å². The maximum Gasteiger partial charge on any atom is 0.390 e. The highest BCUT2D eigenvalue weighted by Crippen LogP contribution is 2.52. The summed E-state index contributed by atoms with van der Waals surface area (Å²) in [5, 5.41) is 25.3. The maximum absolute atomic E-state index is 14.0. The molecule has 0 aromatic heterocycles. The van der Waals surface area contributed by atoms with Crippen LogP contribution in [0.25, 0.3) is 11.1 Å². The van der Waals surface area contributed by atoms with Crippen LogP contribution >= 0.6 is 0 Å². The number of phenols is 1. The van der Waals surface area contributed by atoms with Crippen molar-refractivity contribution in [1.29, 1.82) is 0 Å². The van der Waals surface area contributed by atoms with Gasteiger partial charge in [-0.2, -0.15) is 13.2 Å². The molecule has 3 aliphatic carbocycles. The Morgan fingerprint density at radius 2 is 1.83 bits per heavy atom. The molecule has 3 aliphatic rings. The van der Waals surface area contributed by atoms with Crippen molar-refractivity contribution in [3.05, 3.63) is 47.0 Å². The van der Waals surface area contributed by atoms with Gasteiger partial charge in [-0.1, -0.05) is 12.1 Å². The number of nitrogens with two attached hydrogens (primary N) is 1. The molecule has 0 heterocycles. The van der Waals surface area contributed by atoms with Gasteiger partial charge in [0, 0.05) is 24.6 Å². The monoisotopic (exact) mass is 645 g/mol. The van der Waals surface area contributed by atoms with E-state index >= 15 is 0 Å². The predicted molar refractivity (Wildman–Crippen MR) is 156 cm³/mol. The summed E-state index contributed by atoms with van der Waals surface area (Å²) >= 11 is 0. The molecule has 0 aliphatic heterocycles. The molecule has 46 heavy (non-hydrogen) atoms. The number of methoxy groups -OCH3 is 1. The number of likely N-dealkylation sites (N-methyl/N-ethyl adjacent to an activating group) is 1. The van der Waals surface area contributed by atoms with Crippen molar-refractivity contribution < 1.29 is 52.1 Å². The number of ether oxygens (including phenoxy) is 1. The summed E-state index contributed by atoms with van der Waals surface area (Å²) in [5.74, 6) is -11.1. The third-order valence-electron chi connectivity index (χ3n) is 9.44. The van der Waals surface area contributed by atoms with Gasteiger partial charge in [-0.3, -0.25) is 28.9 Å². The van der Waals surface area contributed by atoms with E-state index in [1.807, 2.05) is 0 Å². The number of nitrogens with one attached hydrogen (secondary N) is 1. The number of halogens is 3. The minimum absolute atomic E-state index is 0.0477. The fraction of sp³-hybridized carbons (Fsp3) is 0.469. The molecule has 11 nitrogen and oxygen atoms in total. The molecule has 2 fully saturated rings. The normalized spacial score (nSPS) is 27.7. The molecule has 0 radical (unpaired) electrons. The predicted octanol–water partition coefficient (Wildman–Crippen LogP) is 1.58. The van der Waals surface area contributed by atoms with Gasteiger partial charge in [-0.05, 0) is 67.7 Å². The van der Waals surface area contributed by atoms with Crippen LogP contribution in [0.2, 0.25) is 0 Å². The first kappa shape index (κ1) is 33.2. The molecule has 2 saturated carbocycles. The standard InChI is InChI=1S/C32H34F3N3O8/c1-38(2)25-19-12-15-11-18-17(14-4-7-21(46-3)16(10-14)13-37-9-8-31(33,34)35)5-6-20(39)23(18)26(40)22(15)28(42)32(19,45)29(43)24(27(25)41)30(36)44/h4-7,10,15,19,22,24-25,37,39,45H,8-9,11-13H2,1-3H3,(H2,36,44)/t15-,19-,22?,24?,25-,32-/m0/s1. The average molecular weight is 646 g/mol. The summed E-state index contributed by atoms with van der Waals surface area (Å²) in [7, 11) is 4.43. The van der Waals surface area contributed by atoms with Crippen LogP contribution in [0, 0.1) is 23.7 Å². The number of carbonyl (C=O) groups excluding carboxylic acids is 5. The summed E-state index contributed by atoms with van der Waals surface area (Å²) in [6, 6.07) is 6.65. The highest BCUT2D eigenvalue weighted by molar-refractivity contribution is 6.32. The second kappa shape index (κ2) is 11.9. The van der Waals surface area contributed by atoms with Crippen molar-refractivity contribution in [2.45, 2.75) is 43.6 Å². The van der Waals surface area contributed by atoms with E-state index in [9.17, 15) is 47.4 Å². The van der Waals surface area contributed by atoms with Gasteiger partial charge in [0.15, 0.2) is 34.7 Å². The quantitative estimate of drug-likeness (QED) is 0.244. The van der Waals surface area contributed by atoms with E-state index in [-0.39, 0.29) is 31.5 Å². The van der Waals surface area contributed by atoms with Crippen LogP contribution in [0.1, 0.15) is 34.3 Å². The smallest absolute Gasteiger partial charge is 0.390 e. The number of phenolic OH excluding ortho intramolecular Hbond substituents is 1. The number of amides is 1. The van der Waals surface area contributed by atoms with E-state index in [1.54, 1.807) is 24.3 Å². The lowest BCUT2D eigenvalue weighted by Crippen LogP contribution is -2.74. The molecule has 5 N–H and O–H groups in total. The molecule has 14 heteroatoms. The molecule has 5 rings (SSSR count). The molecular formula is C32H34F3N3O8. The number of rotatable bonds is 8. The van der Waals surface area contributed by atoms with Crippen LogP contribution in [-0.4, -0.2) is 89.7 Å². The van der Waals surface area contributed by atoms with E-state index < -0.39 is 82.7 Å². The number of alkyl halides is 3. The second-order valence-electron chi connectivity index (χ2n) is 12.3. The van der Waals surface area contributed by atoms with Gasteiger partial charge in [0.25, 0.3) is 0 Å². The lowest BCUT2D eigenvalue weighted by Gasteiger charge is -2.52. The topological polar surface area (TPSA) is 176 Å². The molecule has 246 valence electrons. The van der Waals surface area contributed by atoms with Crippen LogP contribution in [0.15, 0.2) is 30.3 Å². The van der Waals surface area contributed by atoms with Gasteiger partial charge in [0.2, 0.25) is 5.91 Å². The van der Waals surface area contributed by atoms with Crippen LogP contribution < -0.4 is 15.8 Å². The molecule has 0 saturated heterocycles. The third-order valence-corrected chi connectivity index (χ3v) is 9.44. The molecular weight excluding hydrogens is 611 g/mol. The van der Waals surface area contributed by atoms with Crippen molar-refractivity contribution >= 4 is 29.0 Å². The van der Waals surface area contributed by atoms with Crippen LogP contribution in [0.4, 0.5) is 13.2 Å². The Hall–Kier alpha value is -4.14. The van der Waals surface area contributed by atoms with Gasteiger partial charge >= 0.3 is 6.18 Å². The van der Waals surface area contributed by atoms with Gasteiger partial charge in [-0.15, -0.1) is 0 Å². The fourth-order valence-electron chi connectivity index (χ4n) is 7.41. The average Bonchev–Trinajstić information content (AvgIpc) is 2.96. The Labute approximate surface area is 261 Å². The summed E-state index contributed by atoms with van der Waals surface area (Å²) in [6.45, 7) is -0.268. The number of benzene rings is 2. The summed E-state index contributed by atoms with van der Waals surface area (Å²) in [4.78, 5) is 68.3. The minimum atomic E-state index is -4.32.